The van der Waals surface area contributed by atoms with Gasteiger partial charge in [0.25, 0.3) is 3.41 Å². The van der Waals surface area contributed by atoms with Crippen molar-refractivity contribution in [3.63, 3.8) is 0 Å². The molecule has 0 aliphatic heterocycles. The maximum atomic E-state index is 14.4. The van der Waals surface area contributed by atoms with Crippen LogP contribution in [0.4, 0.5) is 0 Å². The average molecular weight is 683 g/mol. The summed E-state index contributed by atoms with van der Waals surface area (Å²) >= 11 is 0. The quantitative estimate of drug-likeness (QED) is 0.229. The largest absolute Gasteiger partial charge is 0.283 e. The van der Waals surface area contributed by atoms with Crippen LogP contribution in [0.25, 0.3) is 0 Å². The van der Waals surface area contributed by atoms with Crippen molar-refractivity contribution in [2.75, 3.05) is 6.26 Å². The molecule has 4 rings (SSSR count). The van der Waals surface area contributed by atoms with Gasteiger partial charge in [-0.15, -0.1) is 0 Å². The van der Waals surface area contributed by atoms with Crippen molar-refractivity contribution in [1.82, 2.24) is 0 Å². The summed E-state index contributed by atoms with van der Waals surface area (Å²) in [4.78, 5) is -2.71. The summed E-state index contributed by atoms with van der Waals surface area (Å²) < 4.78 is 135. The van der Waals surface area contributed by atoms with E-state index in [0.717, 1.165) is 48.5 Å². The minimum atomic E-state index is -5.61. The monoisotopic (exact) mass is 682 g/mol. The average Bonchev–Trinajstić information content (AvgIpc) is 2.98. The van der Waals surface area contributed by atoms with E-state index in [-0.39, 0.29) is 0 Å². The zero-order valence-corrected chi connectivity index (χ0v) is 26.5. The van der Waals surface area contributed by atoms with Gasteiger partial charge >= 0.3 is 0 Å². The summed E-state index contributed by atoms with van der Waals surface area (Å²) in [6.07, 6.45) is -1.57. The van der Waals surface area contributed by atoms with E-state index >= 15 is 0 Å². The topological polar surface area (TPSA) is 171 Å². The maximum Gasteiger partial charge on any atom is 0.283 e. The molecule has 0 unspecified atom stereocenters. The Hall–Kier alpha value is -3.37. The third-order valence-electron chi connectivity index (χ3n) is 6.74. The molecule has 15 heteroatoms. The number of benzene rings is 4. The van der Waals surface area contributed by atoms with Crippen molar-refractivity contribution in [1.29, 1.82) is 0 Å². The zero-order valence-electron chi connectivity index (χ0n) is 22.5. The first-order chi connectivity index (χ1) is 20.0. The van der Waals surface area contributed by atoms with Crippen LogP contribution in [0.5, 0.6) is 0 Å². The van der Waals surface area contributed by atoms with Crippen LogP contribution in [-0.2, 0) is 49.2 Å². The normalized spacial score (nSPS) is 13.5. The van der Waals surface area contributed by atoms with Crippen molar-refractivity contribution >= 4 is 49.2 Å². The molecule has 0 bridgehead atoms. The molecule has 4 aromatic carbocycles. The van der Waals surface area contributed by atoms with Crippen LogP contribution >= 0.6 is 0 Å². The van der Waals surface area contributed by atoms with Gasteiger partial charge in [-0.25, -0.2) is 42.1 Å². The van der Waals surface area contributed by atoms with Gasteiger partial charge in [-0.1, -0.05) is 72.8 Å². The van der Waals surface area contributed by atoms with Gasteiger partial charge in [-0.05, 0) is 48.5 Å². The molecule has 4 aromatic rings. The van der Waals surface area contributed by atoms with Gasteiger partial charge in [0.05, 0.1) is 19.6 Å². The Kier molecular flexibility index (Phi) is 8.79. The van der Waals surface area contributed by atoms with E-state index in [1.54, 1.807) is 0 Å². The molecule has 228 valence electrons. The molecule has 0 aliphatic rings. The predicted octanol–water partition coefficient (Wildman–Crippen LogP) is 3.30. The van der Waals surface area contributed by atoms with E-state index in [1.807, 2.05) is 0 Å². The Balaban J connectivity index is 2.20. The lowest BCUT2D eigenvalue weighted by molar-refractivity contribution is 0.538. The summed E-state index contributed by atoms with van der Waals surface area (Å²) in [6, 6.07) is 23.6. The fourth-order valence-corrected chi connectivity index (χ4v) is 18.3. The standard InChI is InChI=1S/C28H26O10S5/c1-39(29,30)28(42(35,36)25-18-10-4-11-19-25,43(37,38)26-20-12-5-13-21-26)22-27(40(31,32)23-14-6-2-7-15-23)41(33,34)24-16-8-3-9-17-24/h2-21,27H,22H2,1H3. The number of hydrogen-bond acceptors (Lipinski definition) is 10. The highest BCUT2D eigenvalue weighted by Gasteiger charge is 2.67. The molecule has 10 nitrogen and oxygen atoms in total. The molecule has 0 heterocycles. The number of sulfone groups is 5. The zero-order chi connectivity index (χ0) is 31.7. The summed E-state index contributed by atoms with van der Waals surface area (Å²) in [7, 11) is -27.0. The van der Waals surface area contributed by atoms with Crippen molar-refractivity contribution in [2.24, 2.45) is 0 Å². The fourth-order valence-electron chi connectivity index (χ4n) is 4.59. The highest BCUT2D eigenvalue weighted by Crippen LogP contribution is 2.46. The second-order valence-electron chi connectivity index (χ2n) is 9.44. The molecular weight excluding hydrogens is 657 g/mol. The Labute approximate surface area is 251 Å². The van der Waals surface area contributed by atoms with Gasteiger partial charge in [0, 0.05) is 12.7 Å². The summed E-state index contributed by atoms with van der Waals surface area (Å²) in [6.45, 7) is 0. The van der Waals surface area contributed by atoms with E-state index in [0.29, 0.717) is 6.26 Å². The van der Waals surface area contributed by atoms with Crippen molar-refractivity contribution in [3.05, 3.63) is 121 Å². The van der Waals surface area contributed by atoms with Crippen molar-refractivity contribution in [3.8, 4) is 0 Å². The van der Waals surface area contributed by atoms with Gasteiger partial charge < -0.3 is 0 Å². The Morgan fingerprint density at radius 2 is 0.698 bits per heavy atom. The molecule has 0 saturated carbocycles. The number of rotatable bonds is 11. The second kappa shape index (κ2) is 11.6. The van der Waals surface area contributed by atoms with Gasteiger partial charge in [0.2, 0.25) is 19.7 Å². The molecule has 0 fully saturated rings. The first-order valence-electron chi connectivity index (χ1n) is 12.4. The van der Waals surface area contributed by atoms with E-state index in [9.17, 15) is 42.1 Å². The lowest BCUT2D eigenvalue weighted by Gasteiger charge is -2.34. The van der Waals surface area contributed by atoms with E-state index in [2.05, 4.69) is 0 Å². The van der Waals surface area contributed by atoms with Crippen molar-refractivity contribution in [2.45, 2.75) is 34.0 Å². The Bertz CT molecular complexity index is 2010. The van der Waals surface area contributed by atoms with Crippen LogP contribution in [0, 0.1) is 0 Å². The third-order valence-corrected chi connectivity index (χ3v) is 21.3. The highest BCUT2D eigenvalue weighted by molar-refractivity contribution is 8.25. The molecule has 0 aliphatic carbocycles. The number of hydrogen-bond donors (Lipinski definition) is 0. The Morgan fingerprint density at radius 3 is 0.953 bits per heavy atom. The molecule has 0 spiro atoms. The minimum Gasteiger partial charge on any atom is -0.226 e. The van der Waals surface area contributed by atoms with Gasteiger partial charge in [-0.2, -0.15) is 0 Å². The molecular formula is C28H26O10S5. The van der Waals surface area contributed by atoms with Crippen LogP contribution in [0.3, 0.4) is 0 Å². The third kappa shape index (κ3) is 5.55. The Morgan fingerprint density at radius 1 is 0.442 bits per heavy atom. The SMILES string of the molecule is CS(=O)(=O)C(CC(S(=O)(=O)c1ccccc1)S(=O)(=O)c1ccccc1)(S(=O)(=O)c1ccccc1)S(=O)(=O)c1ccccc1. The first-order valence-corrected chi connectivity index (χ1v) is 20.3. The van der Waals surface area contributed by atoms with Crippen molar-refractivity contribution < 1.29 is 42.1 Å². The van der Waals surface area contributed by atoms with Crippen LogP contribution in [0.2, 0.25) is 0 Å². The fraction of sp³-hybridized carbons (Fsp3) is 0.143. The second-order valence-corrected chi connectivity index (χ2v) is 21.4. The molecule has 43 heavy (non-hydrogen) atoms. The summed E-state index contributed by atoms with van der Waals surface area (Å²) in [5, 5.41) is 0. The van der Waals surface area contributed by atoms with E-state index in [1.165, 1.54) is 72.8 Å². The van der Waals surface area contributed by atoms with Crippen LogP contribution < -0.4 is 0 Å². The van der Waals surface area contributed by atoms with E-state index < -0.39 is 83.2 Å². The van der Waals surface area contributed by atoms with Gasteiger partial charge in [-0.3, -0.25) is 0 Å². The minimum absolute atomic E-state index is 0.329. The lowest BCUT2D eigenvalue weighted by Crippen LogP contribution is -2.56. The summed E-state index contributed by atoms with van der Waals surface area (Å²) in [5.74, 6) is 0. The first kappa shape index (κ1) is 32.5. The molecule has 0 N–H and O–H groups in total. The molecule has 0 aromatic heterocycles. The summed E-state index contributed by atoms with van der Waals surface area (Å²) in [5.41, 5.74) is 0. The smallest absolute Gasteiger partial charge is 0.226 e. The highest BCUT2D eigenvalue weighted by atomic mass is 32.3. The molecule has 0 atom stereocenters. The van der Waals surface area contributed by atoms with Gasteiger partial charge in [0.15, 0.2) is 34.1 Å². The maximum absolute atomic E-state index is 14.4. The molecule has 0 radical (unpaired) electrons. The van der Waals surface area contributed by atoms with Gasteiger partial charge in [0.1, 0.15) is 0 Å². The van der Waals surface area contributed by atoms with Crippen LogP contribution in [-0.4, -0.2) is 56.3 Å². The predicted molar refractivity (Wildman–Crippen MR) is 160 cm³/mol. The van der Waals surface area contributed by atoms with Crippen LogP contribution in [0.1, 0.15) is 6.42 Å². The van der Waals surface area contributed by atoms with Crippen LogP contribution in [0.15, 0.2) is 141 Å². The molecule has 0 saturated heterocycles. The molecule has 0 amide bonds. The van der Waals surface area contributed by atoms with E-state index in [4.69, 9.17) is 0 Å². The lowest BCUT2D eigenvalue weighted by atomic mass is 10.4.